The number of hydrogen-bond acceptors (Lipinski definition) is 8. The van der Waals surface area contributed by atoms with Crippen molar-refractivity contribution in [3.8, 4) is 0 Å². The topological polar surface area (TPSA) is 132 Å². The largest absolute Gasteiger partial charge is 0.394 e. The van der Waals surface area contributed by atoms with Crippen LogP contribution in [-0.2, 0) is 9.47 Å². The maximum Gasteiger partial charge on any atom is 0.256 e. The molecule has 0 bridgehead atoms. The summed E-state index contributed by atoms with van der Waals surface area (Å²) >= 11 is 0. The second-order valence-corrected chi connectivity index (χ2v) is 6.31. The molecule has 3 N–H and O–H groups in total. The highest BCUT2D eigenvalue weighted by molar-refractivity contribution is 6.06. The molecular formula is C18H19N5O5. The van der Waals surface area contributed by atoms with Gasteiger partial charge in [0, 0.05) is 12.7 Å². The summed E-state index contributed by atoms with van der Waals surface area (Å²) in [7, 11) is 1.44. The number of nitrogens with one attached hydrogen (secondary N) is 1. The second-order valence-electron chi connectivity index (χ2n) is 6.31. The third-order valence-electron chi connectivity index (χ3n) is 4.66. The van der Waals surface area contributed by atoms with Gasteiger partial charge < -0.3 is 25.0 Å². The highest BCUT2D eigenvalue weighted by Crippen LogP contribution is 2.33. The molecule has 0 radical (unpaired) electrons. The molecule has 10 nitrogen and oxygen atoms in total. The molecule has 1 saturated heterocycles. The zero-order valence-electron chi connectivity index (χ0n) is 15.0. The van der Waals surface area contributed by atoms with Gasteiger partial charge in [-0.2, -0.15) is 0 Å². The fourth-order valence-corrected chi connectivity index (χ4v) is 3.29. The van der Waals surface area contributed by atoms with Gasteiger partial charge in [-0.1, -0.05) is 18.2 Å². The number of imidazole rings is 1. The molecule has 146 valence electrons. The van der Waals surface area contributed by atoms with Gasteiger partial charge in [0.25, 0.3) is 5.91 Å². The molecule has 0 aliphatic carbocycles. The van der Waals surface area contributed by atoms with E-state index in [0.29, 0.717) is 16.7 Å². The smallest absolute Gasteiger partial charge is 0.256 e. The molecule has 0 spiro atoms. The van der Waals surface area contributed by atoms with Crippen LogP contribution in [0.5, 0.6) is 0 Å². The molecular weight excluding hydrogens is 366 g/mol. The van der Waals surface area contributed by atoms with E-state index in [1.807, 2.05) is 6.07 Å². The van der Waals surface area contributed by atoms with Crippen LogP contribution >= 0.6 is 0 Å². The average molecular weight is 385 g/mol. The molecule has 3 heterocycles. The summed E-state index contributed by atoms with van der Waals surface area (Å²) in [5.74, 6) is -0.0841. The van der Waals surface area contributed by atoms with Crippen molar-refractivity contribution in [2.75, 3.05) is 19.0 Å². The minimum absolute atomic E-state index is 0.243. The van der Waals surface area contributed by atoms with Gasteiger partial charge in [0.05, 0.1) is 12.9 Å². The number of benzene rings is 1. The third kappa shape index (κ3) is 3.12. The number of aromatic nitrogens is 4. The molecule has 1 aliphatic rings. The van der Waals surface area contributed by atoms with E-state index in [2.05, 4.69) is 20.3 Å². The van der Waals surface area contributed by atoms with Crippen LogP contribution in [0.2, 0.25) is 0 Å². The minimum atomic E-state index is -1.03. The van der Waals surface area contributed by atoms with Crippen LogP contribution in [0.15, 0.2) is 43.0 Å². The van der Waals surface area contributed by atoms with Crippen molar-refractivity contribution in [2.24, 2.45) is 0 Å². The number of aliphatic hydroxyl groups is 2. The molecule has 2 aromatic heterocycles. The van der Waals surface area contributed by atoms with Crippen molar-refractivity contribution in [3.63, 3.8) is 0 Å². The van der Waals surface area contributed by atoms with E-state index in [0.717, 1.165) is 0 Å². The SMILES string of the molecule is COC1C(CO)OC(n2cnc3c(NC(=O)c4ccccc4)ncnc32)C1O. The summed E-state index contributed by atoms with van der Waals surface area (Å²) in [6, 6.07) is 8.73. The zero-order valence-corrected chi connectivity index (χ0v) is 15.0. The van der Waals surface area contributed by atoms with E-state index in [4.69, 9.17) is 9.47 Å². The van der Waals surface area contributed by atoms with Gasteiger partial charge >= 0.3 is 0 Å². The van der Waals surface area contributed by atoms with Gasteiger partial charge in [-0.15, -0.1) is 0 Å². The second kappa shape index (κ2) is 7.60. The summed E-state index contributed by atoms with van der Waals surface area (Å²) in [6.45, 7) is -0.300. The number of anilines is 1. The Morgan fingerprint density at radius 2 is 2.07 bits per heavy atom. The van der Waals surface area contributed by atoms with Crippen LogP contribution < -0.4 is 5.32 Å². The predicted octanol–water partition coefficient (Wildman–Crippen LogP) is 0.344. The molecule has 4 unspecified atom stereocenters. The number of aliphatic hydroxyl groups excluding tert-OH is 2. The fraction of sp³-hybridized carbons (Fsp3) is 0.333. The number of methoxy groups -OCH3 is 1. The number of fused-ring (bicyclic) bond motifs is 1. The van der Waals surface area contributed by atoms with Gasteiger partial charge in [0.15, 0.2) is 23.2 Å². The van der Waals surface area contributed by atoms with Crippen molar-refractivity contribution in [1.82, 2.24) is 19.5 Å². The molecule has 10 heteroatoms. The molecule has 3 aromatic rings. The molecule has 1 aromatic carbocycles. The van der Waals surface area contributed by atoms with Crippen LogP contribution in [0.3, 0.4) is 0 Å². The van der Waals surface area contributed by atoms with Crippen molar-refractivity contribution in [1.29, 1.82) is 0 Å². The van der Waals surface area contributed by atoms with Crippen LogP contribution in [0.4, 0.5) is 5.82 Å². The Kier molecular flexibility index (Phi) is 5.01. The lowest BCUT2D eigenvalue weighted by molar-refractivity contribution is -0.0535. The quantitative estimate of drug-likeness (QED) is 0.573. The van der Waals surface area contributed by atoms with E-state index in [9.17, 15) is 15.0 Å². The number of carbonyl (C=O) groups excluding carboxylic acids is 1. The van der Waals surface area contributed by atoms with Crippen LogP contribution in [-0.4, -0.2) is 67.7 Å². The Morgan fingerprint density at radius 3 is 2.75 bits per heavy atom. The van der Waals surface area contributed by atoms with Crippen LogP contribution in [0.1, 0.15) is 16.6 Å². The summed E-state index contributed by atoms with van der Waals surface area (Å²) in [5, 5.41) is 22.7. The lowest BCUT2D eigenvalue weighted by Gasteiger charge is -2.17. The summed E-state index contributed by atoms with van der Waals surface area (Å²) in [6.07, 6.45) is -0.512. The van der Waals surface area contributed by atoms with Crippen LogP contribution in [0, 0.1) is 0 Å². The molecule has 1 amide bonds. The first kappa shape index (κ1) is 18.4. The highest BCUT2D eigenvalue weighted by atomic mass is 16.6. The molecule has 4 rings (SSSR count). The molecule has 1 aliphatic heterocycles. The molecule has 4 atom stereocenters. The van der Waals surface area contributed by atoms with Gasteiger partial charge in [-0.3, -0.25) is 9.36 Å². The van der Waals surface area contributed by atoms with E-state index < -0.39 is 24.5 Å². The van der Waals surface area contributed by atoms with E-state index in [1.54, 1.807) is 24.3 Å². The van der Waals surface area contributed by atoms with Gasteiger partial charge in [0.1, 0.15) is 24.6 Å². The zero-order chi connectivity index (χ0) is 19.7. The van der Waals surface area contributed by atoms with Crippen LogP contribution in [0.25, 0.3) is 11.2 Å². The van der Waals surface area contributed by atoms with E-state index in [-0.39, 0.29) is 18.3 Å². The number of nitrogens with zero attached hydrogens (tertiary/aromatic N) is 4. The predicted molar refractivity (Wildman–Crippen MR) is 97.5 cm³/mol. The van der Waals surface area contributed by atoms with Crippen molar-refractivity contribution < 1.29 is 24.5 Å². The fourth-order valence-electron chi connectivity index (χ4n) is 3.29. The lowest BCUT2D eigenvalue weighted by Crippen LogP contribution is -2.35. The summed E-state index contributed by atoms with van der Waals surface area (Å²) in [4.78, 5) is 25.0. The standard InChI is InChI=1S/C18H19N5O5/c1-27-14-11(7-24)28-18(13(14)25)23-9-21-12-15(19-8-20-16(12)23)22-17(26)10-5-3-2-4-6-10/h2-6,8-9,11,13-14,18,24-25H,7H2,1H3,(H,19,20,22,26). The summed E-state index contributed by atoms with van der Waals surface area (Å²) < 4.78 is 12.5. The lowest BCUT2D eigenvalue weighted by atomic mass is 10.1. The first-order valence-electron chi connectivity index (χ1n) is 8.65. The Labute approximate surface area is 159 Å². The number of amides is 1. The Hall–Kier alpha value is -2.92. The summed E-state index contributed by atoms with van der Waals surface area (Å²) in [5.41, 5.74) is 1.21. The monoisotopic (exact) mass is 385 g/mol. The maximum absolute atomic E-state index is 12.4. The highest BCUT2D eigenvalue weighted by Gasteiger charge is 2.45. The number of rotatable bonds is 5. The van der Waals surface area contributed by atoms with Crippen molar-refractivity contribution >= 4 is 22.9 Å². The number of hydrogen-bond donors (Lipinski definition) is 3. The van der Waals surface area contributed by atoms with Gasteiger partial charge in [-0.25, -0.2) is 15.0 Å². The van der Waals surface area contributed by atoms with Crippen molar-refractivity contribution in [2.45, 2.75) is 24.5 Å². The third-order valence-corrected chi connectivity index (χ3v) is 4.66. The molecule has 0 saturated carbocycles. The molecule has 28 heavy (non-hydrogen) atoms. The van der Waals surface area contributed by atoms with E-state index >= 15 is 0 Å². The Bertz CT molecular complexity index is 979. The minimum Gasteiger partial charge on any atom is -0.394 e. The maximum atomic E-state index is 12.4. The first-order chi connectivity index (χ1) is 13.6. The van der Waals surface area contributed by atoms with Gasteiger partial charge in [-0.05, 0) is 12.1 Å². The Balaban J connectivity index is 1.65. The normalized spacial score (nSPS) is 24.5. The molecule has 1 fully saturated rings. The number of carbonyl (C=O) groups is 1. The Morgan fingerprint density at radius 1 is 1.29 bits per heavy atom. The van der Waals surface area contributed by atoms with Crippen molar-refractivity contribution in [3.05, 3.63) is 48.5 Å². The number of ether oxygens (including phenoxy) is 2. The first-order valence-corrected chi connectivity index (χ1v) is 8.65. The van der Waals surface area contributed by atoms with Gasteiger partial charge in [0.2, 0.25) is 0 Å². The average Bonchev–Trinajstić information content (AvgIpc) is 3.29. The van der Waals surface area contributed by atoms with E-state index in [1.165, 1.54) is 24.3 Å².